The molecule has 0 saturated carbocycles. The van der Waals surface area contributed by atoms with Gasteiger partial charge >= 0.3 is 0 Å². The molecule has 98 valence electrons. The molecular formula is C10H23NO3S2. The third-order valence-electron chi connectivity index (χ3n) is 2.33. The first-order valence-corrected chi connectivity index (χ1v) is 8.24. The maximum atomic E-state index is 10.6. The fraction of sp³-hybridized carbons (Fsp3) is 1.00. The third-order valence-corrected chi connectivity index (χ3v) is 3.08. The van der Waals surface area contributed by atoms with Crippen molar-refractivity contribution in [3.8, 4) is 0 Å². The summed E-state index contributed by atoms with van der Waals surface area (Å²) in [4.78, 5) is 0. The zero-order valence-corrected chi connectivity index (χ0v) is 11.4. The standard InChI is InChI=1S/C10H23NO3S2/c11-9-7-5-3-1-2-4-6-8-10-14-16(12,13)15/h1-11H2,(H,12,13,15). The van der Waals surface area contributed by atoms with Gasteiger partial charge in [0.05, 0.1) is 6.61 Å². The SMILES string of the molecule is NCCCCCCCCCCOS(=O)(O)=S. The topological polar surface area (TPSA) is 72.5 Å². The van der Waals surface area contributed by atoms with Crippen LogP contribution in [-0.2, 0) is 24.4 Å². The van der Waals surface area contributed by atoms with E-state index in [9.17, 15) is 4.21 Å². The molecule has 0 spiro atoms. The molecule has 4 nitrogen and oxygen atoms in total. The highest BCUT2D eigenvalue weighted by Crippen LogP contribution is 2.08. The van der Waals surface area contributed by atoms with Gasteiger partial charge in [-0.05, 0) is 19.4 Å². The summed E-state index contributed by atoms with van der Waals surface area (Å²) in [5.74, 6) is 0. The first-order chi connectivity index (χ1) is 7.56. The normalized spacial score (nSPS) is 14.9. The molecule has 0 aliphatic rings. The molecule has 0 aromatic carbocycles. The summed E-state index contributed by atoms with van der Waals surface area (Å²) < 4.78 is 23.8. The maximum Gasteiger partial charge on any atom is 0.266 e. The lowest BCUT2D eigenvalue weighted by molar-refractivity contribution is 0.294. The summed E-state index contributed by atoms with van der Waals surface area (Å²) in [5, 5.41) is 0. The Morgan fingerprint density at radius 3 is 1.88 bits per heavy atom. The average molecular weight is 269 g/mol. The summed E-state index contributed by atoms with van der Waals surface area (Å²) in [5.41, 5.74) is 5.39. The number of hydrogen-bond acceptors (Lipinski definition) is 4. The van der Waals surface area contributed by atoms with Crippen molar-refractivity contribution in [3.63, 3.8) is 0 Å². The summed E-state index contributed by atoms with van der Waals surface area (Å²) in [6, 6.07) is 0. The Balaban J connectivity index is 3.05. The Bertz CT molecular complexity index is 242. The van der Waals surface area contributed by atoms with Crippen LogP contribution >= 0.6 is 0 Å². The van der Waals surface area contributed by atoms with Gasteiger partial charge in [-0.3, -0.25) is 8.74 Å². The lowest BCUT2D eigenvalue weighted by atomic mass is 10.1. The van der Waals surface area contributed by atoms with Crippen molar-refractivity contribution in [2.75, 3.05) is 13.2 Å². The van der Waals surface area contributed by atoms with E-state index in [4.69, 9.17) is 10.3 Å². The van der Waals surface area contributed by atoms with Gasteiger partial charge in [-0.25, -0.2) is 0 Å². The first kappa shape index (κ1) is 16.2. The van der Waals surface area contributed by atoms with Crippen LogP contribution in [0.1, 0.15) is 51.4 Å². The van der Waals surface area contributed by atoms with E-state index in [1.807, 2.05) is 0 Å². The predicted octanol–water partition coefficient (Wildman–Crippen LogP) is 2.22. The van der Waals surface area contributed by atoms with E-state index in [-0.39, 0.29) is 6.61 Å². The van der Waals surface area contributed by atoms with Crippen molar-refractivity contribution >= 4 is 20.2 Å². The quantitative estimate of drug-likeness (QED) is 0.563. The van der Waals surface area contributed by atoms with Crippen LogP contribution in [0, 0.1) is 0 Å². The molecule has 0 rings (SSSR count). The Labute approximate surface area is 104 Å². The van der Waals surface area contributed by atoms with Gasteiger partial charge in [0, 0.05) is 11.2 Å². The first-order valence-electron chi connectivity index (χ1n) is 5.88. The van der Waals surface area contributed by atoms with E-state index in [1.165, 1.54) is 25.7 Å². The van der Waals surface area contributed by atoms with Crippen LogP contribution in [0.15, 0.2) is 0 Å². The van der Waals surface area contributed by atoms with Crippen molar-refractivity contribution < 1.29 is 12.9 Å². The molecule has 0 aliphatic heterocycles. The third kappa shape index (κ3) is 14.2. The van der Waals surface area contributed by atoms with Crippen LogP contribution in [0.25, 0.3) is 0 Å². The fourth-order valence-electron chi connectivity index (χ4n) is 1.47. The number of unbranched alkanes of at least 4 members (excludes halogenated alkanes) is 7. The Morgan fingerprint density at radius 2 is 1.44 bits per heavy atom. The van der Waals surface area contributed by atoms with Gasteiger partial charge in [0.1, 0.15) is 0 Å². The van der Waals surface area contributed by atoms with E-state index < -0.39 is 9.05 Å². The molecular weight excluding hydrogens is 246 g/mol. The van der Waals surface area contributed by atoms with Crippen LogP contribution in [0.2, 0.25) is 0 Å². The second kappa shape index (κ2) is 10.4. The minimum Gasteiger partial charge on any atom is -0.330 e. The van der Waals surface area contributed by atoms with Crippen LogP contribution in [0.5, 0.6) is 0 Å². The molecule has 16 heavy (non-hydrogen) atoms. The predicted molar refractivity (Wildman–Crippen MR) is 70.1 cm³/mol. The molecule has 6 heteroatoms. The fourth-order valence-corrected chi connectivity index (χ4v) is 2.00. The monoisotopic (exact) mass is 269 g/mol. The van der Waals surface area contributed by atoms with Crippen LogP contribution in [-0.4, -0.2) is 21.9 Å². The van der Waals surface area contributed by atoms with E-state index in [1.54, 1.807) is 0 Å². The van der Waals surface area contributed by atoms with Gasteiger partial charge in [0.25, 0.3) is 9.05 Å². The van der Waals surface area contributed by atoms with Crippen molar-refractivity contribution in [2.24, 2.45) is 5.73 Å². The minimum atomic E-state index is -3.41. The molecule has 0 aromatic rings. The lowest BCUT2D eigenvalue weighted by Gasteiger charge is -2.02. The Hall–Kier alpha value is 0.250. The summed E-state index contributed by atoms with van der Waals surface area (Å²) >= 11 is 4.20. The summed E-state index contributed by atoms with van der Waals surface area (Å²) in [6.45, 7) is 1.07. The van der Waals surface area contributed by atoms with Crippen molar-refractivity contribution in [2.45, 2.75) is 51.4 Å². The van der Waals surface area contributed by atoms with Crippen LogP contribution in [0.3, 0.4) is 0 Å². The summed E-state index contributed by atoms with van der Waals surface area (Å²) in [7, 11) is -3.41. The largest absolute Gasteiger partial charge is 0.330 e. The average Bonchev–Trinajstić information content (AvgIpc) is 2.19. The molecule has 0 radical (unpaired) electrons. The van der Waals surface area contributed by atoms with Crippen LogP contribution < -0.4 is 5.73 Å². The molecule has 0 aliphatic carbocycles. The van der Waals surface area contributed by atoms with Crippen molar-refractivity contribution in [3.05, 3.63) is 0 Å². The highest BCUT2D eigenvalue weighted by Gasteiger charge is 1.98. The molecule has 3 N–H and O–H groups in total. The van der Waals surface area contributed by atoms with Gasteiger partial charge in [0.15, 0.2) is 0 Å². The molecule has 0 aromatic heterocycles. The molecule has 1 atom stereocenters. The number of rotatable bonds is 11. The second-order valence-corrected chi connectivity index (χ2v) is 6.22. The zero-order valence-electron chi connectivity index (χ0n) is 9.73. The highest BCUT2D eigenvalue weighted by atomic mass is 32.9. The highest BCUT2D eigenvalue weighted by molar-refractivity contribution is 8.27. The number of nitrogens with two attached hydrogens (primary N) is 1. The maximum absolute atomic E-state index is 10.6. The minimum absolute atomic E-state index is 0.284. The molecule has 1 unspecified atom stereocenters. The van der Waals surface area contributed by atoms with Crippen molar-refractivity contribution in [1.82, 2.24) is 0 Å². The van der Waals surface area contributed by atoms with E-state index in [2.05, 4.69) is 15.4 Å². The molecule has 0 saturated heterocycles. The number of hydrogen-bond donors (Lipinski definition) is 2. The van der Waals surface area contributed by atoms with Gasteiger partial charge in [-0.15, -0.1) is 0 Å². The smallest absolute Gasteiger partial charge is 0.266 e. The van der Waals surface area contributed by atoms with E-state index >= 15 is 0 Å². The van der Waals surface area contributed by atoms with Crippen LogP contribution in [0.4, 0.5) is 0 Å². The molecule has 0 heterocycles. The zero-order chi connectivity index (χ0) is 12.3. The van der Waals surface area contributed by atoms with Gasteiger partial charge in [-0.2, -0.15) is 4.21 Å². The second-order valence-electron chi connectivity index (χ2n) is 3.87. The van der Waals surface area contributed by atoms with E-state index in [0.29, 0.717) is 0 Å². The van der Waals surface area contributed by atoms with E-state index in [0.717, 1.165) is 32.2 Å². The van der Waals surface area contributed by atoms with Gasteiger partial charge < -0.3 is 5.73 Å². The Morgan fingerprint density at radius 1 is 1.00 bits per heavy atom. The lowest BCUT2D eigenvalue weighted by Crippen LogP contribution is -2.03. The van der Waals surface area contributed by atoms with Gasteiger partial charge in [0.2, 0.25) is 0 Å². The van der Waals surface area contributed by atoms with Crippen molar-refractivity contribution in [1.29, 1.82) is 0 Å². The summed E-state index contributed by atoms with van der Waals surface area (Å²) in [6.07, 6.45) is 9.05. The molecule has 0 amide bonds. The van der Waals surface area contributed by atoms with Gasteiger partial charge in [-0.1, -0.05) is 38.5 Å². The Kier molecular flexibility index (Phi) is 10.6. The molecule has 0 bridgehead atoms. The molecule has 0 fully saturated rings.